The SMILES string of the molecule is CC(C)CC(=O)O[C@H](C)[C@H]1C(=O)N2C(C(=O)OCc3ccc([N+](=O)[O-])cc3)=CS[C@@H]12. The highest BCUT2D eigenvalue weighted by Gasteiger charge is 2.56. The van der Waals surface area contributed by atoms with Crippen molar-refractivity contribution in [3.8, 4) is 0 Å². The van der Waals surface area contributed by atoms with Gasteiger partial charge in [0.25, 0.3) is 5.69 Å². The van der Waals surface area contributed by atoms with Gasteiger partial charge in [0.15, 0.2) is 0 Å². The van der Waals surface area contributed by atoms with Crippen LogP contribution in [-0.4, -0.2) is 39.1 Å². The highest BCUT2D eigenvalue weighted by Crippen LogP contribution is 2.47. The van der Waals surface area contributed by atoms with Crippen LogP contribution in [-0.2, 0) is 30.5 Å². The number of β-lactam (4-membered cyclic amide) rings is 1. The number of hydrogen-bond donors (Lipinski definition) is 0. The van der Waals surface area contributed by atoms with Gasteiger partial charge in [-0.25, -0.2) is 4.79 Å². The van der Waals surface area contributed by atoms with Crippen molar-refractivity contribution < 1.29 is 28.8 Å². The number of amides is 1. The maximum atomic E-state index is 12.6. The van der Waals surface area contributed by atoms with Crippen molar-refractivity contribution in [1.29, 1.82) is 0 Å². The van der Waals surface area contributed by atoms with Crippen molar-refractivity contribution in [2.45, 2.75) is 45.3 Å². The molecule has 0 bridgehead atoms. The monoisotopic (exact) mass is 434 g/mol. The van der Waals surface area contributed by atoms with Gasteiger partial charge in [-0.1, -0.05) is 13.8 Å². The molecular formula is C20H22N2O7S. The third-order valence-corrected chi connectivity index (χ3v) is 5.93. The third-order valence-electron chi connectivity index (χ3n) is 4.79. The van der Waals surface area contributed by atoms with E-state index in [4.69, 9.17) is 9.47 Å². The molecule has 2 heterocycles. The molecule has 2 aliphatic rings. The van der Waals surface area contributed by atoms with Crippen molar-refractivity contribution in [2.24, 2.45) is 11.8 Å². The fourth-order valence-electron chi connectivity index (χ4n) is 3.26. The Morgan fingerprint density at radius 1 is 1.23 bits per heavy atom. The van der Waals surface area contributed by atoms with E-state index in [2.05, 4.69) is 0 Å². The van der Waals surface area contributed by atoms with Gasteiger partial charge < -0.3 is 9.47 Å². The van der Waals surface area contributed by atoms with Crippen LogP contribution in [0.2, 0.25) is 0 Å². The minimum Gasteiger partial charge on any atom is -0.462 e. The largest absolute Gasteiger partial charge is 0.462 e. The molecule has 1 fully saturated rings. The first kappa shape index (κ1) is 21.8. The molecule has 0 saturated carbocycles. The van der Waals surface area contributed by atoms with E-state index in [0.717, 1.165) is 0 Å². The fourth-order valence-corrected chi connectivity index (χ4v) is 4.58. The zero-order chi connectivity index (χ0) is 22.0. The van der Waals surface area contributed by atoms with Crippen LogP contribution in [0.15, 0.2) is 35.4 Å². The lowest BCUT2D eigenvalue weighted by atomic mass is 9.92. The van der Waals surface area contributed by atoms with Crippen LogP contribution in [0.5, 0.6) is 0 Å². The molecule has 0 aromatic heterocycles. The lowest BCUT2D eigenvalue weighted by Crippen LogP contribution is -2.61. The molecule has 9 nitrogen and oxygen atoms in total. The molecule has 1 aromatic carbocycles. The number of nitrogens with zero attached hydrogens (tertiary/aromatic N) is 2. The summed E-state index contributed by atoms with van der Waals surface area (Å²) in [5.41, 5.74) is 0.687. The quantitative estimate of drug-likeness (QED) is 0.265. The minimum atomic E-state index is -0.653. The number of carbonyl (C=O) groups is 3. The summed E-state index contributed by atoms with van der Waals surface area (Å²) < 4.78 is 10.6. The van der Waals surface area contributed by atoms with Gasteiger partial charge in [0.2, 0.25) is 5.91 Å². The number of nitro groups is 1. The van der Waals surface area contributed by atoms with E-state index < -0.39 is 22.9 Å². The van der Waals surface area contributed by atoms with E-state index in [9.17, 15) is 24.5 Å². The molecule has 0 aliphatic carbocycles. The van der Waals surface area contributed by atoms with Gasteiger partial charge in [-0.3, -0.25) is 24.6 Å². The number of rotatable bonds is 8. The standard InChI is InChI=1S/C20H22N2O7S/c1-11(2)8-16(23)29-12(3)17-18(24)21-15(10-30-19(17)21)20(25)28-9-13-4-6-14(7-5-13)22(26)27/h4-7,10-12,17,19H,8-9H2,1-3H3/t12-,17+,19+/m1/s1. The number of carbonyl (C=O) groups excluding carboxylic acids is 3. The van der Waals surface area contributed by atoms with Gasteiger partial charge in [0.1, 0.15) is 29.7 Å². The first-order valence-corrected chi connectivity index (χ1v) is 10.4. The normalized spacial score (nSPS) is 20.9. The number of nitro benzene ring substituents is 1. The Bertz CT molecular complexity index is 897. The van der Waals surface area contributed by atoms with Crippen molar-refractivity contribution in [3.63, 3.8) is 0 Å². The number of hydrogen-bond acceptors (Lipinski definition) is 8. The predicted octanol–water partition coefficient (Wildman–Crippen LogP) is 2.99. The minimum absolute atomic E-state index is 0.0525. The molecule has 0 spiro atoms. The smallest absolute Gasteiger partial charge is 0.355 e. The van der Waals surface area contributed by atoms with Gasteiger partial charge in [0, 0.05) is 24.0 Å². The Hall–Kier alpha value is -2.88. The molecule has 10 heteroatoms. The summed E-state index contributed by atoms with van der Waals surface area (Å²) in [4.78, 5) is 48.4. The lowest BCUT2D eigenvalue weighted by Gasteiger charge is -2.44. The molecule has 30 heavy (non-hydrogen) atoms. The van der Waals surface area contributed by atoms with Crippen LogP contribution in [0.1, 0.15) is 32.8 Å². The zero-order valence-electron chi connectivity index (χ0n) is 16.8. The van der Waals surface area contributed by atoms with E-state index in [1.54, 1.807) is 12.3 Å². The Morgan fingerprint density at radius 3 is 2.50 bits per heavy atom. The van der Waals surface area contributed by atoms with Crippen molar-refractivity contribution in [1.82, 2.24) is 4.90 Å². The van der Waals surface area contributed by atoms with Gasteiger partial charge >= 0.3 is 11.9 Å². The number of fused-ring (bicyclic) bond motifs is 1. The number of thioether (sulfide) groups is 1. The summed E-state index contributed by atoms with van der Waals surface area (Å²) in [6.45, 7) is 5.43. The molecule has 2 aliphatic heterocycles. The number of ether oxygens (including phenoxy) is 2. The molecule has 1 aromatic rings. The van der Waals surface area contributed by atoms with Gasteiger partial charge in [-0.2, -0.15) is 0 Å². The number of esters is 2. The third kappa shape index (κ3) is 4.48. The predicted molar refractivity (Wildman–Crippen MR) is 108 cm³/mol. The molecule has 1 saturated heterocycles. The van der Waals surface area contributed by atoms with E-state index in [1.165, 1.54) is 40.9 Å². The average molecular weight is 434 g/mol. The molecule has 1 amide bonds. The van der Waals surface area contributed by atoms with Crippen LogP contribution in [0.25, 0.3) is 0 Å². The average Bonchev–Trinajstić information content (AvgIpc) is 3.05. The summed E-state index contributed by atoms with van der Waals surface area (Å²) >= 11 is 1.31. The van der Waals surface area contributed by atoms with E-state index in [-0.39, 0.29) is 47.6 Å². The van der Waals surface area contributed by atoms with Gasteiger partial charge in [0.05, 0.1) is 4.92 Å². The summed E-state index contributed by atoms with van der Waals surface area (Å²) in [6, 6.07) is 5.67. The molecular weight excluding hydrogens is 412 g/mol. The van der Waals surface area contributed by atoms with E-state index in [1.807, 2.05) is 13.8 Å². The van der Waals surface area contributed by atoms with Crippen LogP contribution in [0.4, 0.5) is 5.69 Å². The van der Waals surface area contributed by atoms with Crippen LogP contribution in [0.3, 0.4) is 0 Å². The first-order valence-electron chi connectivity index (χ1n) is 9.47. The second-order valence-electron chi connectivity index (χ2n) is 7.56. The molecule has 0 N–H and O–H groups in total. The highest BCUT2D eigenvalue weighted by atomic mass is 32.2. The Labute approximate surface area is 177 Å². The highest BCUT2D eigenvalue weighted by molar-refractivity contribution is 8.03. The Kier molecular flexibility index (Phi) is 6.45. The van der Waals surface area contributed by atoms with Gasteiger partial charge in [-0.15, -0.1) is 11.8 Å². The molecule has 0 radical (unpaired) electrons. The number of benzene rings is 1. The molecule has 160 valence electrons. The maximum Gasteiger partial charge on any atom is 0.355 e. The van der Waals surface area contributed by atoms with Crippen molar-refractivity contribution >= 4 is 35.3 Å². The fraction of sp³-hybridized carbons (Fsp3) is 0.450. The van der Waals surface area contributed by atoms with Crippen LogP contribution >= 0.6 is 11.8 Å². The van der Waals surface area contributed by atoms with E-state index in [0.29, 0.717) is 5.56 Å². The van der Waals surface area contributed by atoms with Gasteiger partial charge in [-0.05, 0) is 30.5 Å². The second-order valence-corrected chi connectivity index (χ2v) is 8.55. The summed E-state index contributed by atoms with van der Waals surface area (Å²) in [5, 5.41) is 12.0. The first-order chi connectivity index (χ1) is 14.2. The number of non-ortho nitro benzene ring substituents is 1. The molecule has 3 atom stereocenters. The Balaban J connectivity index is 1.53. The Morgan fingerprint density at radius 2 is 1.90 bits per heavy atom. The van der Waals surface area contributed by atoms with E-state index >= 15 is 0 Å². The second kappa shape index (κ2) is 8.86. The zero-order valence-corrected chi connectivity index (χ0v) is 17.6. The van der Waals surface area contributed by atoms with Crippen molar-refractivity contribution in [2.75, 3.05) is 0 Å². The summed E-state index contributed by atoms with van der Waals surface area (Å²) in [6.07, 6.45) is -0.299. The summed E-state index contributed by atoms with van der Waals surface area (Å²) in [5.74, 6) is -1.63. The van der Waals surface area contributed by atoms with Crippen LogP contribution < -0.4 is 0 Å². The topological polar surface area (TPSA) is 116 Å². The van der Waals surface area contributed by atoms with Crippen LogP contribution in [0, 0.1) is 22.0 Å². The maximum absolute atomic E-state index is 12.6. The van der Waals surface area contributed by atoms with Crippen molar-refractivity contribution in [3.05, 3.63) is 51.0 Å². The molecule has 0 unspecified atom stereocenters. The lowest BCUT2D eigenvalue weighted by molar-refractivity contribution is -0.384. The molecule has 3 rings (SSSR count). The summed E-state index contributed by atoms with van der Waals surface area (Å²) in [7, 11) is 0.